The van der Waals surface area contributed by atoms with Crippen LogP contribution >= 0.6 is 0 Å². The lowest BCUT2D eigenvalue weighted by Crippen LogP contribution is -2.50. The van der Waals surface area contributed by atoms with Crippen LogP contribution in [0, 0.1) is 13.8 Å². The van der Waals surface area contributed by atoms with Crippen LogP contribution in [-0.2, 0) is 9.53 Å². The Morgan fingerprint density at radius 3 is 2.66 bits per heavy atom. The maximum Gasteiger partial charge on any atom is 0.319 e. The minimum atomic E-state index is -0.651. The Morgan fingerprint density at radius 1 is 1.28 bits per heavy atom. The van der Waals surface area contributed by atoms with Crippen molar-refractivity contribution in [1.29, 1.82) is 0 Å². The number of rotatable bonds is 9. The summed E-state index contributed by atoms with van der Waals surface area (Å²) >= 11 is 0. The average Bonchev–Trinajstić information content (AvgIpc) is 2.98. The Balaban J connectivity index is 1.83. The van der Waals surface area contributed by atoms with Crippen LogP contribution in [0.1, 0.15) is 24.3 Å². The highest BCUT2D eigenvalue weighted by molar-refractivity contribution is 5.90. The summed E-state index contributed by atoms with van der Waals surface area (Å²) in [5.41, 5.74) is 1.08. The van der Waals surface area contributed by atoms with Crippen molar-refractivity contribution in [2.24, 2.45) is 0 Å². The topological polar surface area (TPSA) is 129 Å². The van der Waals surface area contributed by atoms with Gasteiger partial charge in [-0.2, -0.15) is 0 Å². The molecule has 0 radical (unpaired) electrons. The van der Waals surface area contributed by atoms with Crippen molar-refractivity contribution in [2.45, 2.75) is 44.9 Å². The zero-order valence-electron chi connectivity index (χ0n) is 17.4. The Kier molecular flexibility index (Phi) is 8.62. The van der Waals surface area contributed by atoms with Crippen LogP contribution in [0.2, 0.25) is 0 Å². The number of urea groups is 1. The van der Waals surface area contributed by atoms with Crippen LogP contribution in [0.15, 0.2) is 16.7 Å². The summed E-state index contributed by atoms with van der Waals surface area (Å²) in [6.45, 7) is 4.63. The van der Waals surface area contributed by atoms with E-state index in [1.54, 1.807) is 26.0 Å². The van der Waals surface area contributed by atoms with E-state index >= 15 is 0 Å². The molecule has 1 aliphatic heterocycles. The predicted octanol–water partition coefficient (Wildman–Crippen LogP) is 0.555. The van der Waals surface area contributed by atoms with Gasteiger partial charge in [-0.15, -0.1) is 0 Å². The first-order valence-electron chi connectivity index (χ1n) is 9.66. The number of nitrogens with one attached hydrogen (secondary N) is 3. The lowest BCUT2D eigenvalue weighted by molar-refractivity contribution is -0.125. The van der Waals surface area contributed by atoms with E-state index in [-0.39, 0.29) is 18.9 Å². The van der Waals surface area contributed by atoms with E-state index in [4.69, 9.17) is 9.26 Å². The summed E-state index contributed by atoms with van der Waals surface area (Å²) in [4.78, 5) is 26.4. The highest BCUT2D eigenvalue weighted by atomic mass is 16.5. The number of carbonyl (C=O) groups is 2. The van der Waals surface area contributed by atoms with Crippen LogP contribution in [0.5, 0.6) is 0 Å². The van der Waals surface area contributed by atoms with Crippen LogP contribution in [-0.4, -0.2) is 79.1 Å². The number of amides is 3. The normalized spacial score (nSPS) is 21.2. The van der Waals surface area contributed by atoms with Gasteiger partial charge >= 0.3 is 6.03 Å². The molecular formula is C19H31N5O5. The Hall–Kier alpha value is -2.43. The standard InChI is InChI=1S/C19H31N5O5/c1-12-18(13(2)29-23-12)22-19(27)21-15-7-6-14(28-16(15)11-25)10-17(26)20-8-5-9-24(3)4/h6-7,14-16,25H,5,8-11H2,1-4H3,(H,20,26)(H2,21,22,27)/t14-,15+,16+/m0/s1. The third kappa shape index (κ3) is 7.15. The third-order valence-corrected chi connectivity index (χ3v) is 4.52. The lowest BCUT2D eigenvalue weighted by Gasteiger charge is -2.31. The van der Waals surface area contributed by atoms with E-state index in [9.17, 15) is 14.7 Å². The number of aliphatic hydroxyl groups is 1. The molecule has 0 unspecified atom stereocenters. The molecule has 29 heavy (non-hydrogen) atoms. The smallest absolute Gasteiger partial charge is 0.319 e. The van der Waals surface area contributed by atoms with Crippen molar-refractivity contribution in [3.8, 4) is 0 Å². The van der Waals surface area contributed by atoms with Crippen LogP contribution in [0.25, 0.3) is 0 Å². The van der Waals surface area contributed by atoms with Crippen LogP contribution in [0.4, 0.5) is 10.5 Å². The van der Waals surface area contributed by atoms with Gasteiger partial charge in [-0.1, -0.05) is 17.3 Å². The lowest BCUT2D eigenvalue weighted by atomic mass is 10.0. The van der Waals surface area contributed by atoms with Gasteiger partial charge in [-0.3, -0.25) is 4.79 Å². The molecule has 2 rings (SSSR count). The van der Waals surface area contributed by atoms with Crippen molar-refractivity contribution in [3.05, 3.63) is 23.6 Å². The Labute approximate surface area is 170 Å². The average molecular weight is 409 g/mol. The van der Waals surface area contributed by atoms with E-state index in [0.29, 0.717) is 23.7 Å². The number of hydrogen-bond donors (Lipinski definition) is 4. The van der Waals surface area contributed by atoms with E-state index in [0.717, 1.165) is 13.0 Å². The van der Waals surface area contributed by atoms with Gasteiger partial charge in [-0.05, 0) is 40.9 Å². The number of nitrogens with zero attached hydrogens (tertiary/aromatic N) is 2. The molecular weight excluding hydrogens is 378 g/mol. The van der Waals surface area contributed by atoms with Crippen molar-refractivity contribution in [1.82, 2.24) is 20.7 Å². The first kappa shape index (κ1) is 22.9. The van der Waals surface area contributed by atoms with Crippen LogP contribution < -0.4 is 16.0 Å². The zero-order chi connectivity index (χ0) is 21.4. The van der Waals surface area contributed by atoms with E-state index in [1.165, 1.54) is 0 Å². The molecule has 10 heteroatoms. The minimum absolute atomic E-state index is 0.113. The highest BCUT2D eigenvalue weighted by Gasteiger charge is 2.29. The van der Waals surface area contributed by atoms with Crippen LogP contribution in [0.3, 0.4) is 0 Å². The molecule has 0 saturated carbocycles. The summed E-state index contributed by atoms with van der Waals surface area (Å²) in [6, 6.07) is -0.993. The third-order valence-electron chi connectivity index (χ3n) is 4.52. The second kappa shape index (κ2) is 10.9. The molecule has 0 aromatic carbocycles. The molecule has 1 aromatic rings. The van der Waals surface area contributed by atoms with Crippen molar-refractivity contribution in [2.75, 3.05) is 39.1 Å². The van der Waals surface area contributed by atoms with Gasteiger partial charge in [-0.25, -0.2) is 4.79 Å². The number of hydrogen-bond acceptors (Lipinski definition) is 7. The quantitative estimate of drug-likeness (QED) is 0.346. The summed E-state index contributed by atoms with van der Waals surface area (Å²) in [5.74, 6) is 0.390. The largest absolute Gasteiger partial charge is 0.394 e. The molecule has 162 valence electrons. The van der Waals surface area contributed by atoms with E-state index in [2.05, 4.69) is 26.0 Å². The number of ether oxygens (including phenoxy) is 1. The van der Waals surface area contributed by atoms with Crippen molar-refractivity contribution < 1.29 is 24.0 Å². The molecule has 1 aromatic heterocycles. The van der Waals surface area contributed by atoms with Gasteiger partial charge in [0.25, 0.3) is 0 Å². The first-order chi connectivity index (χ1) is 13.8. The number of aromatic nitrogens is 1. The summed E-state index contributed by atoms with van der Waals surface area (Å²) < 4.78 is 10.8. The number of aryl methyl sites for hydroxylation is 2. The molecule has 0 saturated heterocycles. The van der Waals surface area contributed by atoms with Gasteiger partial charge in [0.05, 0.1) is 25.2 Å². The SMILES string of the molecule is Cc1noc(C)c1NC(=O)N[C@@H]1C=C[C@@H](CC(=O)NCCCN(C)C)O[C@@H]1CO. The summed E-state index contributed by atoms with van der Waals surface area (Å²) in [5, 5.41) is 21.7. The fourth-order valence-corrected chi connectivity index (χ4v) is 2.98. The highest BCUT2D eigenvalue weighted by Crippen LogP contribution is 2.19. The fraction of sp³-hybridized carbons (Fsp3) is 0.632. The van der Waals surface area contributed by atoms with Gasteiger partial charge in [0.2, 0.25) is 5.91 Å². The predicted molar refractivity (Wildman–Crippen MR) is 108 cm³/mol. The minimum Gasteiger partial charge on any atom is -0.394 e. The molecule has 1 aliphatic rings. The molecule has 0 spiro atoms. The van der Waals surface area contributed by atoms with Crippen molar-refractivity contribution >= 4 is 17.6 Å². The second-order valence-electron chi connectivity index (χ2n) is 7.31. The van der Waals surface area contributed by atoms with E-state index in [1.807, 2.05) is 14.1 Å². The first-order valence-corrected chi connectivity index (χ1v) is 9.66. The van der Waals surface area contributed by atoms with Gasteiger partial charge in [0.1, 0.15) is 17.5 Å². The number of carbonyl (C=O) groups excluding carboxylic acids is 2. The van der Waals surface area contributed by atoms with Gasteiger partial charge < -0.3 is 35.2 Å². The Morgan fingerprint density at radius 2 is 2.03 bits per heavy atom. The monoisotopic (exact) mass is 409 g/mol. The maximum atomic E-state index is 12.3. The van der Waals surface area contributed by atoms with Crippen molar-refractivity contribution in [3.63, 3.8) is 0 Å². The maximum absolute atomic E-state index is 12.3. The van der Waals surface area contributed by atoms with Gasteiger partial charge in [0.15, 0.2) is 5.76 Å². The molecule has 2 heterocycles. The molecule has 4 N–H and O–H groups in total. The zero-order valence-corrected chi connectivity index (χ0v) is 17.4. The summed E-state index contributed by atoms with van der Waals surface area (Å²) in [7, 11) is 3.97. The van der Waals surface area contributed by atoms with Gasteiger partial charge in [0, 0.05) is 6.54 Å². The number of anilines is 1. The van der Waals surface area contributed by atoms with E-state index < -0.39 is 24.3 Å². The molecule has 10 nitrogen and oxygen atoms in total. The molecule has 0 aliphatic carbocycles. The molecule has 0 fully saturated rings. The molecule has 0 bridgehead atoms. The fourth-order valence-electron chi connectivity index (χ4n) is 2.98. The Bertz CT molecular complexity index is 698. The molecule has 3 amide bonds. The second-order valence-corrected chi connectivity index (χ2v) is 7.31. The summed E-state index contributed by atoms with van der Waals surface area (Å²) in [6.07, 6.45) is 3.39. The number of aliphatic hydroxyl groups excluding tert-OH is 1. The molecule has 3 atom stereocenters.